The third-order valence-electron chi connectivity index (χ3n) is 6.05. The number of hydrogen-bond donors (Lipinski definition) is 2. The number of rotatable bonds is 5. The van der Waals surface area contributed by atoms with Gasteiger partial charge in [-0.25, -0.2) is 9.97 Å². The summed E-state index contributed by atoms with van der Waals surface area (Å²) in [7, 11) is 3.41. The highest BCUT2D eigenvalue weighted by Gasteiger charge is 2.31. The van der Waals surface area contributed by atoms with Crippen molar-refractivity contribution in [2.75, 3.05) is 51.4 Å². The Morgan fingerprint density at radius 2 is 1.74 bits per heavy atom. The second-order valence-electron chi connectivity index (χ2n) is 8.94. The standard InChI is InChI=1S/C27H27F3N6O2/c1-35-7-9-36(10-8-35)17-20-11-21(27(28,29)30)14-22(12-20)34-25(37)23-13-18(5-6-24(23)38-2)3-4-19-15-32-26(31)33-16-19/h5-6,11-16H,7-10,17H2,1-2H3,(H,34,37)(H2,31,32,33). The number of halogens is 3. The van der Waals surface area contributed by atoms with E-state index in [1.165, 1.54) is 25.6 Å². The number of amides is 1. The molecule has 3 N–H and O–H groups in total. The van der Waals surface area contributed by atoms with Crippen LogP contribution in [0, 0.1) is 11.8 Å². The fraction of sp³-hybridized carbons (Fsp3) is 0.296. The molecule has 0 bridgehead atoms. The molecule has 0 aliphatic carbocycles. The van der Waals surface area contributed by atoms with Gasteiger partial charge in [-0.1, -0.05) is 11.8 Å². The molecule has 1 fully saturated rings. The summed E-state index contributed by atoms with van der Waals surface area (Å²) < 4.78 is 46.3. The fourth-order valence-corrected chi connectivity index (χ4v) is 3.99. The van der Waals surface area contributed by atoms with Gasteiger partial charge in [0.25, 0.3) is 5.91 Å². The van der Waals surface area contributed by atoms with Crippen molar-refractivity contribution in [3.05, 3.63) is 76.6 Å². The first-order chi connectivity index (χ1) is 18.1. The van der Waals surface area contributed by atoms with E-state index in [0.29, 0.717) is 23.2 Å². The molecule has 2 aromatic carbocycles. The van der Waals surface area contributed by atoms with Gasteiger partial charge in [-0.2, -0.15) is 13.2 Å². The van der Waals surface area contributed by atoms with Crippen LogP contribution >= 0.6 is 0 Å². The molecule has 1 aliphatic heterocycles. The maximum absolute atomic E-state index is 13.7. The number of likely N-dealkylation sites (N-methyl/N-ethyl adjacent to an activating group) is 1. The summed E-state index contributed by atoms with van der Waals surface area (Å²) >= 11 is 0. The molecule has 0 spiro atoms. The lowest BCUT2D eigenvalue weighted by molar-refractivity contribution is -0.137. The van der Waals surface area contributed by atoms with Crippen molar-refractivity contribution >= 4 is 17.5 Å². The van der Waals surface area contributed by atoms with Gasteiger partial charge in [0.15, 0.2) is 0 Å². The van der Waals surface area contributed by atoms with Crippen molar-refractivity contribution in [1.29, 1.82) is 0 Å². The van der Waals surface area contributed by atoms with Crippen LogP contribution in [-0.4, -0.2) is 66.0 Å². The van der Waals surface area contributed by atoms with Crippen LogP contribution in [0.4, 0.5) is 24.8 Å². The molecule has 1 amide bonds. The number of anilines is 2. The van der Waals surface area contributed by atoms with Gasteiger partial charge in [0.05, 0.1) is 23.8 Å². The Morgan fingerprint density at radius 3 is 2.39 bits per heavy atom. The number of aromatic nitrogens is 2. The van der Waals surface area contributed by atoms with Gasteiger partial charge in [-0.15, -0.1) is 0 Å². The van der Waals surface area contributed by atoms with E-state index in [-0.39, 0.29) is 22.9 Å². The second kappa shape index (κ2) is 11.5. The number of carbonyl (C=O) groups excluding carboxylic acids is 1. The smallest absolute Gasteiger partial charge is 0.416 e. The van der Waals surface area contributed by atoms with Crippen LogP contribution in [0.1, 0.15) is 32.6 Å². The highest BCUT2D eigenvalue weighted by Crippen LogP contribution is 2.33. The van der Waals surface area contributed by atoms with Crippen LogP contribution < -0.4 is 15.8 Å². The molecule has 198 valence electrons. The SMILES string of the molecule is COc1ccc(C#Cc2cnc(N)nc2)cc1C(=O)Nc1cc(CN2CCN(C)CC2)cc(C(F)(F)F)c1. The van der Waals surface area contributed by atoms with Crippen LogP contribution in [0.5, 0.6) is 5.75 Å². The Hall–Kier alpha value is -4.14. The molecule has 1 aliphatic rings. The number of piperazine rings is 1. The van der Waals surface area contributed by atoms with E-state index < -0.39 is 17.6 Å². The van der Waals surface area contributed by atoms with Crippen molar-refractivity contribution in [3.8, 4) is 17.6 Å². The number of nitrogens with zero attached hydrogens (tertiary/aromatic N) is 4. The summed E-state index contributed by atoms with van der Waals surface area (Å²) in [5.41, 5.74) is 6.33. The Balaban J connectivity index is 1.59. The summed E-state index contributed by atoms with van der Waals surface area (Å²) in [6.45, 7) is 3.54. The van der Waals surface area contributed by atoms with E-state index in [2.05, 4.69) is 36.9 Å². The van der Waals surface area contributed by atoms with Crippen LogP contribution in [0.2, 0.25) is 0 Å². The summed E-state index contributed by atoms with van der Waals surface area (Å²) in [5, 5.41) is 2.61. The highest BCUT2D eigenvalue weighted by molar-refractivity contribution is 6.06. The first-order valence-corrected chi connectivity index (χ1v) is 11.8. The topological polar surface area (TPSA) is 96.6 Å². The molecular weight excluding hydrogens is 497 g/mol. The number of nitrogen functional groups attached to an aromatic ring is 1. The van der Waals surface area contributed by atoms with Crippen LogP contribution in [0.3, 0.4) is 0 Å². The average Bonchev–Trinajstić information content (AvgIpc) is 2.89. The Morgan fingerprint density at radius 1 is 1.05 bits per heavy atom. The molecular formula is C27H27F3N6O2. The number of alkyl halides is 3. The van der Waals surface area contributed by atoms with Gasteiger partial charge in [0, 0.05) is 56.4 Å². The lowest BCUT2D eigenvalue weighted by Gasteiger charge is -2.32. The number of benzene rings is 2. The Kier molecular flexibility index (Phi) is 8.14. The number of nitrogens with one attached hydrogen (secondary N) is 1. The molecule has 0 atom stereocenters. The summed E-state index contributed by atoms with van der Waals surface area (Å²) in [6.07, 6.45) is -1.61. The van der Waals surface area contributed by atoms with E-state index in [0.717, 1.165) is 38.3 Å². The van der Waals surface area contributed by atoms with Crippen molar-refractivity contribution in [2.24, 2.45) is 0 Å². The summed E-state index contributed by atoms with van der Waals surface area (Å²) in [6, 6.07) is 8.39. The molecule has 8 nitrogen and oxygen atoms in total. The first kappa shape index (κ1) is 26.9. The fourth-order valence-electron chi connectivity index (χ4n) is 3.99. The molecule has 1 aromatic heterocycles. The minimum absolute atomic E-state index is 0.0477. The Labute approximate surface area is 218 Å². The molecule has 0 radical (unpaired) electrons. The van der Waals surface area contributed by atoms with Crippen LogP contribution in [0.25, 0.3) is 0 Å². The van der Waals surface area contributed by atoms with E-state index in [4.69, 9.17) is 10.5 Å². The number of hydrogen-bond acceptors (Lipinski definition) is 7. The van der Waals surface area contributed by atoms with E-state index in [1.54, 1.807) is 18.2 Å². The molecule has 3 aromatic rings. The zero-order valence-corrected chi connectivity index (χ0v) is 21.0. The van der Waals surface area contributed by atoms with Crippen molar-refractivity contribution in [2.45, 2.75) is 12.7 Å². The molecule has 38 heavy (non-hydrogen) atoms. The van der Waals surface area contributed by atoms with Gasteiger partial charge in [0.1, 0.15) is 5.75 Å². The quantitative estimate of drug-likeness (QED) is 0.494. The number of nitrogens with two attached hydrogens (primary N) is 1. The van der Waals surface area contributed by atoms with E-state index in [1.807, 2.05) is 7.05 Å². The molecule has 2 heterocycles. The number of methoxy groups -OCH3 is 1. The predicted molar refractivity (Wildman–Crippen MR) is 138 cm³/mol. The first-order valence-electron chi connectivity index (χ1n) is 11.8. The zero-order valence-electron chi connectivity index (χ0n) is 21.0. The highest BCUT2D eigenvalue weighted by atomic mass is 19.4. The normalized spacial score (nSPS) is 14.4. The van der Waals surface area contributed by atoms with Crippen LogP contribution in [-0.2, 0) is 12.7 Å². The van der Waals surface area contributed by atoms with Gasteiger partial charge in [-0.3, -0.25) is 9.69 Å². The van der Waals surface area contributed by atoms with Gasteiger partial charge < -0.3 is 20.7 Å². The molecule has 0 saturated carbocycles. The van der Waals surface area contributed by atoms with Gasteiger partial charge in [0.2, 0.25) is 5.95 Å². The minimum atomic E-state index is -4.56. The zero-order chi connectivity index (χ0) is 27.3. The molecule has 0 unspecified atom stereocenters. The maximum Gasteiger partial charge on any atom is 0.416 e. The maximum atomic E-state index is 13.7. The average molecular weight is 525 g/mol. The van der Waals surface area contributed by atoms with Gasteiger partial charge in [-0.05, 0) is 49.0 Å². The van der Waals surface area contributed by atoms with Crippen molar-refractivity contribution < 1.29 is 22.7 Å². The van der Waals surface area contributed by atoms with Crippen LogP contribution in [0.15, 0.2) is 48.8 Å². The Bertz CT molecular complexity index is 1360. The summed E-state index contributed by atoms with van der Waals surface area (Å²) in [5.74, 6) is 5.56. The van der Waals surface area contributed by atoms with Gasteiger partial charge >= 0.3 is 6.18 Å². The monoisotopic (exact) mass is 524 g/mol. The van der Waals surface area contributed by atoms with E-state index >= 15 is 0 Å². The molecule has 11 heteroatoms. The number of carbonyl (C=O) groups is 1. The third kappa shape index (κ3) is 7.00. The predicted octanol–water partition coefficient (Wildman–Crippen LogP) is 3.49. The molecule has 4 rings (SSSR count). The molecule has 1 saturated heterocycles. The lowest BCUT2D eigenvalue weighted by Crippen LogP contribution is -2.43. The third-order valence-corrected chi connectivity index (χ3v) is 6.05. The summed E-state index contributed by atoms with van der Waals surface area (Å²) in [4.78, 5) is 25.2. The minimum Gasteiger partial charge on any atom is -0.496 e. The van der Waals surface area contributed by atoms with Crippen molar-refractivity contribution in [3.63, 3.8) is 0 Å². The van der Waals surface area contributed by atoms with Crippen molar-refractivity contribution in [1.82, 2.24) is 19.8 Å². The second-order valence-corrected chi connectivity index (χ2v) is 8.94. The largest absolute Gasteiger partial charge is 0.496 e. The number of ether oxygens (including phenoxy) is 1. The lowest BCUT2D eigenvalue weighted by atomic mass is 10.1. The van der Waals surface area contributed by atoms with E-state index in [9.17, 15) is 18.0 Å².